The molecular weight excluding hydrogens is 401 g/mol. The number of benzene rings is 1. The van der Waals surface area contributed by atoms with Crippen molar-refractivity contribution in [2.75, 3.05) is 42.9 Å². The first-order valence-electron chi connectivity index (χ1n) is 11.0. The lowest BCUT2D eigenvalue weighted by Gasteiger charge is -2.40. The van der Waals surface area contributed by atoms with Gasteiger partial charge in [-0.15, -0.1) is 0 Å². The third-order valence-corrected chi connectivity index (χ3v) is 6.88. The minimum Gasteiger partial charge on any atom is -0.369 e. The van der Waals surface area contributed by atoms with Gasteiger partial charge in [-0.1, -0.05) is 17.7 Å². The van der Waals surface area contributed by atoms with Crippen molar-refractivity contribution in [2.24, 2.45) is 5.92 Å². The Hall–Kier alpha value is -1.92. The maximum absolute atomic E-state index is 13.0. The Kier molecular flexibility index (Phi) is 6.74. The van der Waals surface area contributed by atoms with E-state index < -0.39 is 5.82 Å². The molecule has 1 aromatic heterocycles. The number of aromatic nitrogens is 2. The number of nitrogens with zero attached hydrogens (tertiary/aromatic N) is 4. The number of anilines is 2. The molecule has 162 valence electrons. The Morgan fingerprint density at radius 2 is 1.83 bits per heavy atom. The fourth-order valence-electron chi connectivity index (χ4n) is 4.64. The zero-order chi connectivity index (χ0) is 21.0. The van der Waals surface area contributed by atoms with Gasteiger partial charge < -0.3 is 10.2 Å². The van der Waals surface area contributed by atoms with Gasteiger partial charge in [0.05, 0.1) is 12.4 Å². The summed E-state index contributed by atoms with van der Waals surface area (Å²) in [4.78, 5) is 13.1. The normalized spacial score (nSPS) is 25.3. The van der Waals surface area contributed by atoms with E-state index in [1.54, 1.807) is 0 Å². The van der Waals surface area contributed by atoms with Crippen molar-refractivity contribution < 1.29 is 4.39 Å². The SMILES string of the molecule is CC1(Nc2ncc(F)cn2)CCC(CCN2CCN(c3cccc(Cl)c3)CC2)CC1. The molecule has 2 aromatic rings. The van der Waals surface area contributed by atoms with E-state index in [2.05, 4.69) is 44.1 Å². The van der Waals surface area contributed by atoms with Crippen LogP contribution in [0.25, 0.3) is 0 Å². The first-order chi connectivity index (χ1) is 14.5. The van der Waals surface area contributed by atoms with E-state index in [0.717, 1.165) is 50.0 Å². The second-order valence-corrected chi connectivity index (χ2v) is 9.39. The van der Waals surface area contributed by atoms with Crippen molar-refractivity contribution in [3.8, 4) is 0 Å². The quantitative estimate of drug-likeness (QED) is 0.708. The van der Waals surface area contributed by atoms with Gasteiger partial charge in [-0.25, -0.2) is 14.4 Å². The van der Waals surface area contributed by atoms with Crippen LogP contribution in [0.1, 0.15) is 39.0 Å². The highest BCUT2D eigenvalue weighted by Crippen LogP contribution is 2.35. The van der Waals surface area contributed by atoms with E-state index in [4.69, 9.17) is 11.6 Å². The Morgan fingerprint density at radius 3 is 2.50 bits per heavy atom. The van der Waals surface area contributed by atoms with Crippen molar-refractivity contribution in [3.63, 3.8) is 0 Å². The smallest absolute Gasteiger partial charge is 0.223 e. The van der Waals surface area contributed by atoms with Crippen LogP contribution in [0.5, 0.6) is 0 Å². The summed E-state index contributed by atoms with van der Waals surface area (Å²) in [5.74, 6) is 0.901. The summed E-state index contributed by atoms with van der Waals surface area (Å²) in [5.41, 5.74) is 1.23. The molecule has 0 spiro atoms. The van der Waals surface area contributed by atoms with Crippen LogP contribution in [0.15, 0.2) is 36.7 Å². The lowest BCUT2D eigenvalue weighted by Crippen LogP contribution is -2.47. The van der Waals surface area contributed by atoms with Crippen LogP contribution in [0, 0.1) is 11.7 Å². The monoisotopic (exact) mass is 431 g/mol. The van der Waals surface area contributed by atoms with Crippen LogP contribution in [0.4, 0.5) is 16.0 Å². The Morgan fingerprint density at radius 1 is 1.13 bits per heavy atom. The van der Waals surface area contributed by atoms with Gasteiger partial charge in [-0.3, -0.25) is 4.90 Å². The summed E-state index contributed by atoms with van der Waals surface area (Å²) in [5, 5.41) is 4.23. The van der Waals surface area contributed by atoms with Crippen LogP contribution in [-0.4, -0.2) is 53.1 Å². The molecule has 1 N–H and O–H groups in total. The third kappa shape index (κ3) is 5.61. The number of hydrogen-bond acceptors (Lipinski definition) is 5. The minimum absolute atomic E-state index is 0.00306. The Balaban J connectivity index is 1.18. The maximum atomic E-state index is 13.0. The first-order valence-corrected chi connectivity index (χ1v) is 11.4. The molecular formula is C23H31ClFN5. The summed E-state index contributed by atoms with van der Waals surface area (Å²) in [7, 11) is 0. The number of rotatable bonds is 6. The van der Waals surface area contributed by atoms with E-state index in [0.29, 0.717) is 5.95 Å². The zero-order valence-corrected chi connectivity index (χ0v) is 18.4. The van der Waals surface area contributed by atoms with Gasteiger partial charge >= 0.3 is 0 Å². The predicted molar refractivity (Wildman–Crippen MR) is 121 cm³/mol. The van der Waals surface area contributed by atoms with Crippen molar-refractivity contribution in [2.45, 2.75) is 44.6 Å². The van der Waals surface area contributed by atoms with Crippen molar-refractivity contribution in [1.82, 2.24) is 14.9 Å². The van der Waals surface area contributed by atoms with Gasteiger partial charge in [0.25, 0.3) is 0 Å². The molecule has 5 nitrogen and oxygen atoms in total. The van der Waals surface area contributed by atoms with E-state index >= 15 is 0 Å². The van der Waals surface area contributed by atoms with Crippen LogP contribution in [0.2, 0.25) is 5.02 Å². The van der Waals surface area contributed by atoms with Gasteiger partial charge in [-0.2, -0.15) is 0 Å². The van der Waals surface area contributed by atoms with Crippen molar-refractivity contribution in [3.05, 3.63) is 47.5 Å². The fraction of sp³-hybridized carbons (Fsp3) is 0.565. The number of halogens is 2. The highest BCUT2D eigenvalue weighted by molar-refractivity contribution is 6.30. The molecule has 2 heterocycles. The predicted octanol–water partition coefficient (Wildman–Crippen LogP) is 4.84. The van der Waals surface area contributed by atoms with E-state index in [9.17, 15) is 4.39 Å². The van der Waals surface area contributed by atoms with Crippen LogP contribution in [0.3, 0.4) is 0 Å². The molecule has 1 saturated heterocycles. The van der Waals surface area contributed by atoms with Crippen molar-refractivity contribution in [1.29, 1.82) is 0 Å². The van der Waals surface area contributed by atoms with Gasteiger partial charge in [0.15, 0.2) is 5.82 Å². The molecule has 1 aromatic carbocycles. The summed E-state index contributed by atoms with van der Waals surface area (Å²) >= 11 is 6.14. The first kappa shape index (κ1) is 21.3. The average molecular weight is 432 g/mol. The van der Waals surface area contributed by atoms with Gasteiger partial charge in [0.1, 0.15) is 0 Å². The second-order valence-electron chi connectivity index (χ2n) is 8.95. The molecule has 4 rings (SSSR count). The highest BCUT2D eigenvalue weighted by Gasteiger charge is 2.32. The molecule has 2 fully saturated rings. The fourth-order valence-corrected chi connectivity index (χ4v) is 4.83. The Bertz CT molecular complexity index is 815. The molecule has 1 saturated carbocycles. The van der Waals surface area contributed by atoms with Crippen molar-refractivity contribution >= 4 is 23.2 Å². The largest absolute Gasteiger partial charge is 0.369 e. The highest BCUT2D eigenvalue weighted by atomic mass is 35.5. The number of piperazine rings is 1. The molecule has 1 aliphatic carbocycles. The second kappa shape index (κ2) is 9.48. The molecule has 30 heavy (non-hydrogen) atoms. The Labute approximate surface area is 183 Å². The molecule has 0 amide bonds. The summed E-state index contributed by atoms with van der Waals surface area (Å²) in [6.07, 6.45) is 8.33. The standard InChI is InChI=1S/C23H31ClFN5/c1-23(28-22-26-16-20(25)17-27-22)8-5-18(6-9-23)7-10-29-11-13-30(14-12-29)21-4-2-3-19(24)15-21/h2-4,15-18H,5-14H2,1H3,(H,26,27,28). The van der Waals surface area contributed by atoms with Crippen LogP contribution >= 0.6 is 11.6 Å². The lowest BCUT2D eigenvalue weighted by atomic mass is 9.76. The topological polar surface area (TPSA) is 44.3 Å². The molecule has 0 atom stereocenters. The lowest BCUT2D eigenvalue weighted by molar-refractivity contribution is 0.202. The average Bonchev–Trinajstić information content (AvgIpc) is 2.75. The maximum Gasteiger partial charge on any atom is 0.223 e. The van der Waals surface area contributed by atoms with E-state index in [-0.39, 0.29) is 5.54 Å². The third-order valence-electron chi connectivity index (χ3n) is 6.64. The van der Waals surface area contributed by atoms with Gasteiger partial charge in [0.2, 0.25) is 5.95 Å². The summed E-state index contributed by atoms with van der Waals surface area (Å²) < 4.78 is 13.0. The van der Waals surface area contributed by atoms with Crippen LogP contribution in [-0.2, 0) is 0 Å². The molecule has 0 radical (unpaired) electrons. The number of nitrogens with one attached hydrogen (secondary N) is 1. The molecule has 0 bridgehead atoms. The van der Waals surface area contributed by atoms with Gasteiger partial charge in [-0.05, 0) is 69.7 Å². The minimum atomic E-state index is -0.400. The number of hydrogen-bond donors (Lipinski definition) is 1. The molecule has 7 heteroatoms. The molecule has 0 unspecified atom stereocenters. The van der Waals surface area contributed by atoms with Gasteiger partial charge in [0, 0.05) is 42.4 Å². The van der Waals surface area contributed by atoms with E-state index in [1.165, 1.54) is 43.9 Å². The molecule has 2 aliphatic rings. The zero-order valence-electron chi connectivity index (χ0n) is 17.7. The van der Waals surface area contributed by atoms with Crippen LogP contribution < -0.4 is 10.2 Å². The summed E-state index contributed by atoms with van der Waals surface area (Å²) in [6.45, 7) is 7.75. The molecule has 1 aliphatic heterocycles. The van der Waals surface area contributed by atoms with E-state index in [1.807, 2.05) is 12.1 Å². The summed E-state index contributed by atoms with van der Waals surface area (Å²) in [6, 6.07) is 8.16.